The van der Waals surface area contributed by atoms with Crippen LogP contribution in [0.3, 0.4) is 0 Å². The van der Waals surface area contributed by atoms with Gasteiger partial charge in [0.15, 0.2) is 6.61 Å². The molecule has 5 rings (SSSR count). The highest BCUT2D eigenvalue weighted by molar-refractivity contribution is 6.36. The summed E-state index contributed by atoms with van der Waals surface area (Å²) in [4.78, 5) is 62.2. The fraction of sp³-hybridized carbons (Fsp3) is 0.286. The first-order valence-corrected chi connectivity index (χ1v) is 16.4. The number of hydrogen-bond acceptors (Lipinski definition) is 11. The molecule has 0 radical (unpaired) electrons. The lowest BCUT2D eigenvalue weighted by molar-refractivity contribution is -0.154. The van der Waals surface area contributed by atoms with Gasteiger partial charge in [-0.1, -0.05) is 35.9 Å². The van der Waals surface area contributed by atoms with Crippen molar-refractivity contribution in [3.8, 4) is 6.01 Å². The number of anilines is 3. The number of benzene rings is 3. The average molecular weight is 758 g/mol. The molecule has 2 amide bonds. The normalized spacial score (nSPS) is 13.6. The van der Waals surface area contributed by atoms with Crippen LogP contribution >= 0.6 is 11.6 Å². The van der Waals surface area contributed by atoms with Crippen molar-refractivity contribution in [2.24, 2.45) is 0 Å². The van der Waals surface area contributed by atoms with Crippen molar-refractivity contribution in [3.63, 3.8) is 0 Å². The molecule has 53 heavy (non-hydrogen) atoms. The summed E-state index contributed by atoms with van der Waals surface area (Å²) in [6, 6.07) is 16.2. The van der Waals surface area contributed by atoms with Gasteiger partial charge < -0.3 is 30.7 Å². The Morgan fingerprint density at radius 1 is 0.906 bits per heavy atom. The fourth-order valence-corrected chi connectivity index (χ4v) is 5.16. The van der Waals surface area contributed by atoms with Crippen LogP contribution in [0.2, 0.25) is 5.02 Å². The minimum absolute atomic E-state index is 0.0367. The molecule has 278 valence electrons. The Balaban J connectivity index is 1.21. The Morgan fingerprint density at radius 2 is 1.57 bits per heavy atom. The van der Waals surface area contributed by atoms with E-state index in [9.17, 15) is 36.7 Å². The Morgan fingerprint density at radius 3 is 2.19 bits per heavy atom. The topological polar surface area (TPSA) is 174 Å². The number of Topliss-reactive ketones (excluding diaryl/α,β-unsaturated/α-hetero) is 1. The number of amides is 2. The standard InChI is InChI=1S/C35H32ClF4N7O6/c1-52-30(51)26(14-17-41-29(50)27(48)18-20-2-10-24(37)11-3-20)43-28(49)21-4-12-25(13-5-21)42-31-44-32(46-33(45-31)53-19-35(38,39)40)47-34(15-16-34)22-6-8-23(36)9-7-22/h2-13,26H,14-19H2,1H3,(H,41,50)(H,43,49)(H2,42,44,45,46,47)/t26-/m0/s1. The maximum Gasteiger partial charge on any atom is 0.422 e. The number of ether oxygens (including phenoxy) is 2. The Labute approximate surface area is 304 Å². The number of esters is 1. The molecule has 1 aromatic heterocycles. The van der Waals surface area contributed by atoms with E-state index in [0.717, 1.165) is 12.7 Å². The molecule has 0 bridgehead atoms. The summed E-state index contributed by atoms with van der Waals surface area (Å²) in [5.41, 5.74) is 1.23. The second kappa shape index (κ2) is 16.7. The third kappa shape index (κ3) is 11.1. The average Bonchev–Trinajstić information content (AvgIpc) is 3.91. The van der Waals surface area contributed by atoms with Crippen LogP contribution in [0, 0.1) is 5.82 Å². The van der Waals surface area contributed by atoms with Crippen LogP contribution in [-0.4, -0.2) is 71.0 Å². The van der Waals surface area contributed by atoms with Gasteiger partial charge in [0.2, 0.25) is 17.7 Å². The molecular formula is C35H32ClF4N7O6. The minimum Gasteiger partial charge on any atom is -0.467 e. The molecule has 13 nitrogen and oxygen atoms in total. The molecule has 18 heteroatoms. The third-order valence-corrected chi connectivity index (χ3v) is 8.17. The van der Waals surface area contributed by atoms with Crippen LogP contribution in [0.15, 0.2) is 72.8 Å². The van der Waals surface area contributed by atoms with E-state index < -0.39 is 59.8 Å². The third-order valence-electron chi connectivity index (χ3n) is 7.92. The summed E-state index contributed by atoms with van der Waals surface area (Å²) in [7, 11) is 1.12. The number of carbonyl (C=O) groups is 4. The lowest BCUT2D eigenvalue weighted by Gasteiger charge is -2.19. The van der Waals surface area contributed by atoms with Gasteiger partial charge in [-0.2, -0.15) is 28.1 Å². The first-order valence-electron chi connectivity index (χ1n) is 16.0. The summed E-state index contributed by atoms with van der Waals surface area (Å²) in [6.45, 7) is -1.79. The highest BCUT2D eigenvalue weighted by atomic mass is 35.5. The lowest BCUT2D eigenvalue weighted by atomic mass is 10.1. The quantitative estimate of drug-likeness (QED) is 0.0685. The van der Waals surface area contributed by atoms with Crippen molar-refractivity contribution in [2.75, 3.05) is 30.9 Å². The van der Waals surface area contributed by atoms with E-state index in [2.05, 4.69) is 36.2 Å². The summed E-state index contributed by atoms with van der Waals surface area (Å²) < 4.78 is 61.5. The molecule has 4 aromatic rings. The number of rotatable bonds is 16. The molecule has 0 saturated heterocycles. The number of ketones is 1. The van der Waals surface area contributed by atoms with Gasteiger partial charge in [-0.15, -0.1) is 0 Å². The van der Waals surface area contributed by atoms with Gasteiger partial charge in [0.25, 0.3) is 11.8 Å². The zero-order valence-electron chi connectivity index (χ0n) is 27.9. The number of nitrogens with one attached hydrogen (secondary N) is 4. The molecule has 4 N–H and O–H groups in total. The monoisotopic (exact) mass is 757 g/mol. The van der Waals surface area contributed by atoms with E-state index in [1.807, 2.05) is 12.1 Å². The molecular weight excluding hydrogens is 726 g/mol. The highest BCUT2D eigenvalue weighted by Crippen LogP contribution is 2.48. The zero-order chi connectivity index (χ0) is 38.2. The summed E-state index contributed by atoms with van der Waals surface area (Å²) >= 11 is 6.02. The van der Waals surface area contributed by atoms with E-state index >= 15 is 0 Å². The Bertz CT molecular complexity index is 1940. The molecule has 1 atom stereocenters. The zero-order valence-corrected chi connectivity index (χ0v) is 28.7. The van der Waals surface area contributed by atoms with E-state index in [1.54, 1.807) is 12.1 Å². The second-order valence-corrected chi connectivity index (χ2v) is 12.3. The number of carbonyl (C=O) groups excluding carboxylic acids is 4. The van der Waals surface area contributed by atoms with Crippen LogP contribution in [0.5, 0.6) is 6.01 Å². The number of hydrogen-bond donors (Lipinski definition) is 4. The molecule has 0 spiro atoms. The number of alkyl halides is 3. The maximum atomic E-state index is 13.1. The molecule has 0 aliphatic heterocycles. The van der Waals surface area contributed by atoms with E-state index in [4.69, 9.17) is 21.1 Å². The predicted octanol–water partition coefficient (Wildman–Crippen LogP) is 5.04. The molecule has 1 saturated carbocycles. The van der Waals surface area contributed by atoms with Crippen LogP contribution in [-0.2, 0) is 31.1 Å². The molecule has 1 aliphatic carbocycles. The largest absolute Gasteiger partial charge is 0.467 e. The maximum absolute atomic E-state index is 13.1. The second-order valence-electron chi connectivity index (χ2n) is 11.9. The smallest absolute Gasteiger partial charge is 0.422 e. The first kappa shape index (κ1) is 38.4. The van der Waals surface area contributed by atoms with Crippen molar-refractivity contribution in [1.29, 1.82) is 0 Å². The number of aromatic nitrogens is 3. The number of nitrogens with zero attached hydrogens (tertiary/aromatic N) is 3. The lowest BCUT2D eigenvalue weighted by Crippen LogP contribution is -2.44. The van der Waals surface area contributed by atoms with Gasteiger partial charge in [-0.3, -0.25) is 14.4 Å². The summed E-state index contributed by atoms with van der Waals surface area (Å²) in [5, 5.41) is 11.5. The number of halogens is 5. The van der Waals surface area contributed by atoms with Crippen LogP contribution in [0.4, 0.5) is 35.1 Å². The van der Waals surface area contributed by atoms with Crippen molar-refractivity contribution in [1.82, 2.24) is 25.6 Å². The molecule has 1 aliphatic rings. The van der Waals surface area contributed by atoms with Crippen molar-refractivity contribution in [2.45, 2.75) is 43.4 Å². The molecule has 0 unspecified atom stereocenters. The van der Waals surface area contributed by atoms with Gasteiger partial charge in [0, 0.05) is 29.2 Å². The first-order chi connectivity index (χ1) is 25.2. The van der Waals surface area contributed by atoms with Crippen LogP contribution < -0.4 is 26.0 Å². The van der Waals surface area contributed by atoms with E-state index in [0.29, 0.717) is 29.1 Å². The predicted molar refractivity (Wildman–Crippen MR) is 183 cm³/mol. The van der Waals surface area contributed by atoms with Crippen molar-refractivity contribution >= 4 is 52.8 Å². The van der Waals surface area contributed by atoms with Gasteiger partial charge >= 0.3 is 18.2 Å². The van der Waals surface area contributed by atoms with Crippen molar-refractivity contribution < 1.29 is 46.2 Å². The number of methoxy groups -OCH3 is 1. The SMILES string of the molecule is COC(=O)[C@H](CCNC(=O)C(=O)Cc1ccc(F)cc1)NC(=O)c1ccc(Nc2nc(NC3(c4ccc(Cl)cc4)CC3)nc(OCC(F)(F)F)n2)cc1. The molecule has 3 aromatic carbocycles. The van der Waals surface area contributed by atoms with Gasteiger partial charge in [0.1, 0.15) is 11.9 Å². The van der Waals surface area contributed by atoms with E-state index in [-0.39, 0.29) is 36.8 Å². The van der Waals surface area contributed by atoms with Gasteiger partial charge in [-0.05, 0) is 78.9 Å². The van der Waals surface area contributed by atoms with Crippen LogP contribution in [0.25, 0.3) is 0 Å². The van der Waals surface area contributed by atoms with Gasteiger partial charge in [0.05, 0.1) is 12.6 Å². The highest BCUT2D eigenvalue weighted by Gasteiger charge is 2.45. The summed E-state index contributed by atoms with van der Waals surface area (Å²) in [5.74, 6) is -3.82. The molecule has 1 heterocycles. The summed E-state index contributed by atoms with van der Waals surface area (Å²) in [6.07, 6.45) is -3.60. The minimum atomic E-state index is -4.64. The van der Waals surface area contributed by atoms with E-state index in [1.165, 1.54) is 48.5 Å². The van der Waals surface area contributed by atoms with Crippen molar-refractivity contribution in [3.05, 3.63) is 100 Å². The van der Waals surface area contributed by atoms with Crippen LogP contribution in [0.1, 0.15) is 40.7 Å². The Kier molecular flexibility index (Phi) is 12.1. The van der Waals surface area contributed by atoms with Gasteiger partial charge in [-0.25, -0.2) is 9.18 Å². The Hall–Kier alpha value is -5.84. The molecule has 1 fully saturated rings. The fourth-order valence-electron chi connectivity index (χ4n) is 5.04.